The van der Waals surface area contributed by atoms with E-state index in [2.05, 4.69) is 0 Å². The van der Waals surface area contributed by atoms with Gasteiger partial charge in [-0.25, -0.2) is 4.39 Å². The van der Waals surface area contributed by atoms with Gasteiger partial charge in [0, 0.05) is 7.11 Å². The average molecular weight is 256 g/mol. The Morgan fingerprint density at radius 3 is 2.28 bits per heavy atom. The second-order valence-corrected chi connectivity index (χ2v) is 4.27. The normalized spacial score (nSPS) is 13.4. The van der Waals surface area contributed by atoms with E-state index in [9.17, 15) is 9.50 Å². The van der Waals surface area contributed by atoms with Crippen LogP contribution in [-0.4, -0.2) is 24.9 Å². The van der Waals surface area contributed by atoms with Crippen molar-refractivity contribution in [2.45, 2.75) is 38.4 Å². The number of hydrogen-bond donors (Lipinski definition) is 1. The van der Waals surface area contributed by atoms with Gasteiger partial charge >= 0.3 is 0 Å². The largest absolute Gasteiger partial charge is 0.494 e. The van der Waals surface area contributed by atoms with Crippen LogP contribution in [0, 0.1) is 5.82 Å². The number of benzene rings is 1. The Morgan fingerprint density at radius 2 is 1.89 bits per heavy atom. The third-order valence-electron chi connectivity index (χ3n) is 3.59. The molecule has 4 heteroatoms. The second kappa shape index (κ2) is 6.16. The maximum atomic E-state index is 13.6. The maximum Gasteiger partial charge on any atom is 0.165 e. The molecule has 1 unspecified atom stereocenters. The molecule has 1 N–H and O–H groups in total. The highest BCUT2D eigenvalue weighted by molar-refractivity contribution is 5.31. The fourth-order valence-corrected chi connectivity index (χ4v) is 2.19. The molecule has 1 rings (SSSR count). The van der Waals surface area contributed by atoms with Crippen LogP contribution in [0.1, 0.15) is 38.4 Å². The van der Waals surface area contributed by atoms with Gasteiger partial charge < -0.3 is 14.6 Å². The highest BCUT2D eigenvalue weighted by Crippen LogP contribution is 2.35. The summed E-state index contributed by atoms with van der Waals surface area (Å²) in [6.07, 6.45) is 0.432. The van der Waals surface area contributed by atoms with Gasteiger partial charge in [-0.3, -0.25) is 0 Å². The van der Waals surface area contributed by atoms with Crippen LogP contribution >= 0.6 is 0 Å². The van der Waals surface area contributed by atoms with Gasteiger partial charge in [0.2, 0.25) is 0 Å². The van der Waals surface area contributed by atoms with E-state index >= 15 is 0 Å². The zero-order valence-electron chi connectivity index (χ0n) is 11.4. The van der Waals surface area contributed by atoms with Crippen molar-refractivity contribution >= 4 is 0 Å². The summed E-state index contributed by atoms with van der Waals surface area (Å²) >= 11 is 0. The van der Waals surface area contributed by atoms with Crippen LogP contribution in [0.3, 0.4) is 0 Å². The predicted molar refractivity (Wildman–Crippen MR) is 68.2 cm³/mol. The van der Waals surface area contributed by atoms with Gasteiger partial charge in [-0.15, -0.1) is 0 Å². The first-order valence-electron chi connectivity index (χ1n) is 6.11. The van der Waals surface area contributed by atoms with E-state index in [4.69, 9.17) is 9.47 Å². The van der Waals surface area contributed by atoms with Crippen LogP contribution in [0.15, 0.2) is 18.2 Å². The quantitative estimate of drug-likeness (QED) is 0.850. The number of hydrogen-bond acceptors (Lipinski definition) is 3. The van der Waals surface area contributed by atoms with Gasteiger partial charge in [-0.1, -0.05) is 19.9 Å². The smallest absolute Gasteiger partial charge is 0.165 e. The summed E-state index contributed by atoms with van der Waals surface area (Å²) in [4.78, 5) is 0. The Bertz CT molecular complexity index is 380. The Hall–Kier alpha value is -1.13. The lowest BCUT2D eigenvalue weighted by atomic mass is 9.86. The Balaban J connectivity index is 3.09. The van der Waals surface area contributed by atoms with Crippen molar-refractivity contribution in [2.75, 3.05) is 14.2 Å². The fourth-order valence-electron chi connectivity index (χ4n) is 2.19. The van der Waals surface area contributed by atoms with Crippen molar-refractivity contribution in [3.8, 4) is 5.75 Å². The molecule has 0 heterocycles. The minimum absolute atomic E-state index is 0.168. The molecule has 0 saturated heterocycles. The summed E-state index contributed by atoms with van der Waals surface area (Å²) < 4.78 is 23.9. The number of methoxy groups -OCH3 is 2. The van der Waals surface area contributed by atoms with Crippen molar-refractivity contribution in [2.24, 2.45) is 0 Å². The number of ether oxygens (including phenoxy) is 2. The summed E-state index contributed by atoms with van der Waals surface area (Å²) in [6, 6.07) is 4.47. The molecule has 1 atom stereocenters. The van der Waals surface area contributed by atoms with E-state index in [1.165, 1.54) is 19.2 Å². The zero-order chi connectivity index (χ0) is 13.8. The lowest BCUT2D eigenvalue weighted by Gasteiger charge is -2.35. The summed E-state index contributed by atoms with van der Waals surface area (Å²) in [5, 5.41) is 10.4. The summed E-state index contributed by atoms with van der Waals surface area (Å²) in [6.45, 7) is 3.88. The minimum Gasteiger partial charge on any atom is -0.494 e. The number of halogens is 1. The molecule has 0 fully saturated rings. The maximum absolute atomic E-state index is 13.6. The van der Waals surface area contributed by atoms with E-state index in [-0.39, 0.29) is 5.75 Å². The van der Waals surface area contributed by atoms with Crippen LogP contribution in [-0.2, 0) is 4.74 Å². The van der Waals surface area contributed by atoms with Crippen LogP contribution in [0.2, 0.25) is 0 Å². The van der Waals surface area contributed by atoms with E-state index < -0.39 is 17.5 Å². The first-order valence-corrected chi connectivity index (χ1v) is 6.11. The summed E-state index contributed by atoms with van der Waals surface area (Å²) in [5.41, 5.74) is -0.181. The van der Waals surface area contributed by atoms with Crippen molar-refractivity contribution < 1.29 is 19.0 Å². The Morgan fingerprint density at radius 1 is 1.28 bits per heavy atom. The van der Waals surface area contributed by atoms with Gasteiger partial charge in [0.05, 0.1) is 12.7 Å². The highest BCUT2D eigenvalue weighted by atomic mass is 19.1. The standard InChI is InChI=1S/C14H21FO3/c1-5-14(6-2,18-4)13(16)10-7-8-12(17-3)11(15)9-10/h7-9,13,16H,5-6H2,1-4H3. The molecule has 18 heavy (non-hydrogen) atoms. The molecule has 1 aromatic carbocycles. The van der Waals surface area contributed by atoms with Crippen molar-refractivity contribution in [1.29, 1.82) is 0 Å². The molecule has 1 aromatic rings. The SMILES string of the molecule is CCC(CC)(OC)C(O)c1ccc(OC)c(F)c1. The van der Waals surface area contributed by atoms with Gasteiger partial charge in [-0.2, -0.15) is 0 Å². The lowest BCUT2D eigenvalue weighted by molar-refractivity contribution is -0.110. The topological polar surface area (TPSA) is 38.7 Å². The van der Waals surface area contributed by atoms with Crippen LogP contribution in [0.25, 0.3) is 0 Å². The molecule has 0 radical (unpaired) electrons. The number of rotatable bonds is 6. The minimum atomic E-state index is -0.863. The van der Waals surface area contributed by atoms with E-state index in [1.807, 2.05) is 13.8 Å². The summed E-state index contributed by atoms with van der Waals surface area (Å²) in [5.74, 6) is -0.312. The molecule has 3 nitrogen and oxygen atoms in total. The fraction of sp³-hybridized carbons (Fsp3) is 0.571. The van der Waals surface area contributed by atoms with Crippen LogP contribution in [0.5, 0.6) is 5.75 Å². The molecular formula is C14H21FO3. The van der Waals surface area contributed by atoms with E-state index in [0.717, 1.165) is 0 Å². The van der Waals surface area contributed by atoms with E-state index in [0.29, 0.717) is 18.4 Å². The highest BCUT2D eigenvalue weighted by Gasteiger charge is 2.35. The number of aliphatic hydroxyl groups excluding tert-OH is 1. The van der Waals surface area contributed by atoms with Gasteiger partial charge in [-0.05, 0) is 30.5 Å². The molecule has 0 saturated carbocycles. The van der Waals surface area contributed by atoms with Gasteiger partial charge in [0.1, 0.15) is 6.10 Å². The average Bonchev–Trinajstić information content (AvgIpc) is 2.41. The van der Waals surface area contributed by atoms with Crippen LogP contribution < -0.4 is 4.74 Å². The summed E-state index contributed by atoms with van der Waals surface area (Å²) in [7, 11) is 2.97. The Kier molecular flexibility index (Phi) is 5.11. The monoisotopic (exact) mass is 256 g/mol. The third kappa shape index (κ3) is 2.65. The van der Waals surface area contributed by atoms with E-state index in [1.54, 1.807) is 13.2 Å². The zero-order valence-corrected chi connectivity index (χ0v) is 11.4. The second-order valence-electron chi connectivity index (χ2n) is 4.27. The molecular weight excluding hydrogens is 235 g/mol. The molecule has 0 spiro atoms. The first-order chi connectivity index (χ1) is 8.54. The Labute approximate surface area is 108 Å². The van der Waals surface area contributed by atoms with Crippen LogP contribution in [0.4, 0.5) is 4.39 Å². The molecule has 0 amide bonds. The van der Waals surface area contributed by atoms with Gasteiger partial charge in [0.15, 0.2) is 11.6 Å². The third-order valence-corrected chi connectivity index (χ3v) is 3.59. The molecule has 0 aliphatic rings. The number of aliphatic hydroxyl groups is 1. The molecule has 0 aliphatic carbocycles. The van der Waals surface area contributed by atoms with Crippen molar-refractivity contribution in [1.82, 2.24) is 0 Å². The predicted octanol–water partition coefficient (Wildman–Crippen LogP) is 3.07. The molecule has 0 aliphatic heterocycles. The van der Waals surface area contributed by atoms with Crippen molar-refractivity contribution in [3.05, 3.63) is 29.6 Å². The molecule has 0 aromatic heterocycles. The first kappa shape index (κ1) is 14.9. The lowest BCUT2D eigenvalue weighted by Crippen LogP contribution is -2.37. The molecule has 0 bridgehead atoms. The van der Waals surface area contributed by atoms with Gasteiger partial charge in [0.25, 0.3) is 0 Å². The molecule has 102 valence electrons. The van der Waals surface area contributed by atoms with Crippen molar-refractivity contribution in [3.63, 3.8) is 0 Å².